The minimum absolute atomic E-state index is 0. The van der Waals surface area contributed by atoms with Gasteiger partial charge in [-0.25, -0.2) is 0 Å². The van der Waals surface area contributed by atoms with Crippen LogP contribution in [0.5, 0.6) is 0 Å². The minimum Gasteiger partial charge on any atom is -1.00 e. The number of halogens is 2. The maximum absolute atomic E-state index is 2.31. The fraction of sp³-hybridized carbons (Fsp3) is 0.250. The first-order valence-electron chi connectivity index (χ1n) is 6.16. The Labute approximate surface area is 167 Å². The Morgan fingerprint density at radius 2 is 1.14 bits per heavy atom. The van der Waals surface area contributed by atoms with E-state index >= 15 is 0 Å². The Kier molecular flexibility index (Phi) is 9.96. The molecular formula is C16H16Cl2S2Zr. The summed E-state index contributed by atoms with van der Waals surface area (Å²) < 4.78 is 0. The average Bonchev–Trinajstić information content (AvgIpc) is 2.97. The third-order valence-corrected chi connectivity index (χ3v) is 5.23. The van der Waals surface area contributed by atoms with Gasteiger partial charge in [0.1, 0.15) is 0 Å². The van der Waals surface area contributed by atoms with Crippen molar-refractivity contribution in [3.8, 4) is 0 Å². The van der Waals surface area contributed by atoms with E-state index < -0.39 is 0 Å². The summed E-state index contributed by atoms with van der Waals surface area (Å²) in [4.78, 5) is 0. The molecule has 0 bridgehead atoms. The van der Waals surface area contributed by atoms with Gasteiger partial charge in [0.2, 0.25) is 0 Å². The second kappa shape index (κ2) is 9.68. The first kappa shape index (κ1) is 21.6. The quantitative estimate of drug-likeness (QED) is 0.480. The van der Waals surface area contributed by atoms with Gasteiger partial charge in [-0.05, 0) is 35.8 Å². The number of allylic oxidation sites excluding steroid dienone is 6. The van der Waals surface area contributed by atoms with Crippen LogP contribution in [-0.2, 0) is 26.2 Å². The van der Waals surface area contributed by atoms with Gasteiger partial charge in [-0.15, -0.1) is 23.5 Å². The summed E-state index contributed by atoms with van der Waals surface area (Å²) in [7, 11) is 0. The van der Waals surface area contributed by atoms with Crippen molar-refractivity contribution < 1.29 is 51.0 Å². The molecule has 0 fully saturated rings. The molecule has 0 aromatic rings. The normalized spacial score (nSPS) is 25.8. The van der Waals surface area contributed by atoms with E-state index in [9.17, 15) is 0 Å². The summed E-state index contributed by atoms with van der Waals surface area (Å²) in [5, 5.41) is 5.65. The predicted molar refractivity (Wildman–Crippen MR) is 84.7 cm³/mol. The molecular weight excluding hydrogens is 418 g/mol. The Morgan fingerprint density at radius 1 is 0.762 bits per heavy atom. The molecule has 0 spiro atoms. The molecule has 5 heteroatoms. The molecule has 0 radical (unpaired) electrons. The van der Waals surface area contributed by atoms with E-state index in [1.165, 1.54) is 22.3 Å². The molecule has 4 aliphatic rings. The van der Waals surface area contributed by atoms with E-state index in [0.29, 0.717) is 10.5 Å². The number of rotatable bonds is 0. The van der Waals surface area contributed by atoms with Crippen LogP contribution < -0.4 is 24.8 Å². The standard InChI is InChI=1S/2C8H8S.2ClH.Zr/c2*1-6-4-7-2-3-9-8(7)5-6;;;/h2*2-5,8H,1H3;2*1H;/q;;;;+2/p-2. The van der Waals surface area contributed by atoms with Gasteiger partial charge in [-0.2, -0.15) is 0 Å². The second-order valence-electron chi connectivity index (χ2n) is 4.83. The van der Waals surface area contributed by atoms with E-state index in [2.05, 4.69) is 61.1 Å². The third kappa shape index (κ3) is 5.32. The molecule has 2 heterocycles. The number of hydrogen-bond donors (Lipinski definition) is 0. The van der Waals surface area contributed by atoms with Gasteiger partial charge in [-0.3, -0.25) is 0 Å². The van der Waals surface area contributed by atoms with E-state index in [0.717, 1.165) is 0 Å². The van der Waals surface area contributed by atoms with E-state index in [1.807, 2.05) is 23.5 Å². The maximum Gasteiger partial charge on any atom is 2.00 e. The van der Waals surface area contributed by atoms with Gasteiger partial charge >= 0.3 is 26.2 Å². The van der Waals surface area contributed by atoms with Crippen LogP contribution >= 0.6 is 23.5 Å². The Balaban J connectivity index is 0.000000333. The summed E-state index contributed by atoms with van der Waals surface area (Å²) in [5.41, 5.74) is 5.76. The molecule has 0 aromatic heterocycles. The topological polar surface area (TPSA) is 0 Å². The van der Waals surface area contributed by atoms with Crippen LogP contribution in [0.15, 0.2) is 69.6 Å². The van der Waals surface area contributed by atoms with E-state index in [-0.39, 0.29) is 51.0 Å². The van der Waals surface area contributed by atoms with Crippen LogP contribution in [0, 0.1) is 0 Å². The van der Waals surface area contributed by atoms with Crippen molar-refractivity contribution in [1.82, 2.24) is 0 Å². The maximum atomic E-state index is 2.31. The monoisotopic (exact) mass is 432 g/mol. The molecule has 0 N–H and O–H groups in total. The summed E-state index contributed by atoms with van der Waals surface area (Å²) in [6.07, 6.45) is 13.5. The van der Waals surface area contributed by atoms with Gasteiger partial charge < -0.3 is 24.8 Å². The Hall–Kier alpha value is 0.603. The fourth-order valence-corrected chi connectivity index (χ4v) is 4.39. The van der Waals surface area contributed by atoms with Crippen LogP contribution in [0.25, 0.3) is 0 Å². The van der Waals surface area contributed by atoms with Crippen LogP contribution in [0.1, 0.15) is 13.8 Å². The molecule has 2 aliphatic carbocycles. The number of fused-ring (bicyclic) bond motifs is 2. The molecule has 110 valence electrons. The zero-order chi connectivity index (χ0) is 12.5. The van der Waals surface area contributed by atoms with Gasteiger partial charge in [0.15, 0.2) is 0 Å². The van der Waals surface area contributed by atoms with Gasteiger partial charge in [0.25, 0.3) is 0 Å². The summed E-state index contributed by atoms with van der Waals surface area (Å²) in [5.74, 6) is 0. The second-order valence-corrected chi connectivity index (χ2v) is 6.93. The zero-order valence-corrected chi connectivity index (χ0v) is 17.4. The van der Waals surface area contributed by atoms with Crippen LogP contribution in [0.3, 0.4) is 0 Å². The average molecular weight is 435 g/mol. The van der Waals surface area contributed by atoms with Crippen molar-refractivity contribution in [2.24, 2.45) is 0 Å². The van der Waals surface area contributed by atoms with Crippen molar-refractivity contribution in [3.63, 3.8) is 0 Å². The summed E-state index contributed by atoms with van der Waals surface area (Å²) >= 11 is 3.78. The third-order valence-electron chi connectivity index (χ3n) is 3.25. The molecule has 0 saturated carbocycles. The van der Waals surface area contributed by atoms with Gasteiger partial charge in [-0.1, -0.05) is 47.6 Å². The van der Waals surface area contributed by atoms with E-state index in [4.69, 9.17) is 0 Å². The van der Waals surface area contributed by atoms with Crippen LogP contribution in [0.2, 0.25) is 0 Å². The molecule has 0 aromatic carbocycles. The first-order valence-corrected chi connectivity index (χ1v) is 8.05. The molecule has 0 nitrogen and oxygen atoms in total. The van der Waals surface area contributed by atoms with Crippen molar-refractivity contribution in [2.45, 2.75) is 24.3 Å². The molecule has 2 atom stereocenters. The Morgan fingerprint density at radius 3 is 1.48 bits per heavy atom. The largest absolute Gasteiger partial charge is 2.00 e. The molecule has 2 aliphatic heterocycles. The summed E-state index contributed by atoms with van der Waals surface area (Å²) in [6.45, 7) is 4.30. The number of hydrogen-bond acceptors (Lipinski definition) is 2. The van der Waals surface area contributed by atoms with Crippen LogP contribution in [0.4, 0.5) is 0 Å². The van der Waals surface area contributed by atoms with Crippen molar-refractivity contribution in [1.29, 1.82) is 0 Å². The van der Waals surface area contributed by atoms with Crippen LogP contribution in [-0.4, -0.2) is 10.5 Å². The van der Waals surface area contributed by atoms with Gasteiger partial charge in [0, 0.05) is 0 Å². The molecule has 0 amide bonds. The fourth-order valence-electron chi connectivity index (χ4n) is 2.38. The molecule has 21 heavy (non-hydrogen) atoms. The van der Waals surface area contributed by atoms with Crippen molar-refractivity contribution in [3.05, 3.63) is 69.6 Å². The van der Waals surface area contributed by atoms with E-state index in [1.54, 1.807) is 0 Å². The summed E-state index contributed by atoms with van der Waals surface area (Å²) in [6, 6.07) is 0. The van der Waals surface area contributed by atoms with Crippen molar-refractivity contribution >= 4 is 23.5 Å². The molecule has 0 saturated heterocycles. The predicted octanol–water partition coefficient (Wildman–Crippen LogP) is -0.991. The Bertz CT molecular complexity index is 507. The number of thioether (sulfide) groups is 2. The van der Waals surface area contributed by atoms with Crippen molar-refractivity contribution in [2.75, 3.05) is 0 Å². The SMILES string of the molecule is CC1=CC2SC=CC2=C1.CC1=CC2SC=CC2=C1.[Cl-].[Cl-].[Zr+2]. The molecule has 2 unspecified atom stereocenters. The molecule has 4 rings (SSSR count). The first-order chi connectivity index (χ1) is 8.72. The smallest absolute Gasteiger partial charge is 1.00 e. The van der Waals surface area contributed by atoms with Gasteiger partial charge in [0.05, 0.1) is 10.5 Å². The zero-order valence-electron chi connectivity index (χ0n) is 11.8. The minimum atomic E-state index is 0.